The molecule has 3 aromatic rings. The van der Waals surface area contributed by atoms with E-state index in [-0.39, 0.29) is 18.1 Å². The fourth-order valence-corrected chi connectivity index (χ4v) is 3.17. The van der Waals surface area contributed by atoms with Crippen LogP contribution in [0.5, 0.6) is 0 Å². The maximum absolute atomic E-state index is 13.0. The standard InChI is InChI=1S/C20H17ClF3N3O3/c1-3-30-17(28)11-26-19(29)27(14-7-5-13(6-8-14)20(22,23)24)18(25-26)15-9-4-12(2)10-16(15)21/h4-10H,3,11H2,1-2H3. The molecule has 1 aromatic heterocycles. The minimum atomic E-state index is -4.51. The molecule has 0 fully saturated rings. The SMILES string of the molecule is CCOC(=O)Cn1nc(-c2ccc(C)cc2Cl)n(-c2ccc(C(F)(F)F)cc2)c1=O. The zero-order valence-corrected chi connectivity index (χ0v) is 16.8. The van der Waals surface area contributed by atoms with Gasteiger partial charge in [-0.1, -0.05) is 17.7 Å². The fraction of sp³-hybridized carbons (Fsp3) is 0.250. The lowest BCUT2D eigenvalue weighted by Gasteiger charge is -2.10. The normalized spacial score (nSPS) is 11.5. The molecule has 0 saturated carbocycles. The molecule has 1 heterocycles. The summed E-state index contributed by atoms with van der Waals surface area (Å²) in [6.45, 7) is 3.14. The Labute approximate surface area is 174 Å². The third-order valence-electron chi connectivity index (χ3n) is 4.24. The second-order valence-corrected chi connectivity index (χ2v) is 6.84. The van der Waals surface area contributed by atoms with Gasteiger partial charge in [-0.3, -0.25) is 4.79 Å². The Morgan fingerprint density at radius 2 is 1.83 bits per heavy atom. The van der Waals surface area contributed by atoms with Crippen molar-refractivity contribution in [3.05, 3.63) is 69.1 Å². The number of ether oxygens (including phenoxy) is 1. The van der Waals surface area contributed by atoms with Crippen LogP contribution >= 0.6 is 11.6 Å². The van der Waals surface area contributed by atoms with Crippen LogP contribution < -0.4 is 5.69 Å². The molecule has 0 saturated heterocycles. The molecule has 10 heteroatoms. The van der Waals surface area contributed by atoms with Crippen LogP contribution in [0.1, 0.15) is 18.1 Å². The minimum absolute atomic E-state index is 0.0917. The summed E-state index contributed by atoms with van der Waals surface area (Å²) in [5.41, 5.74) is -0.155. The molecule has 3 rings (SSSR count). The van der Waals surface area contributed by atoms with Gasteiger partial charge in [0.05, 0.1) is 22.9 Å². The summed E-state index contributed by atoms with van der Waals surface area (Å²) in [6, 6.07) is 9.12. The van der Waals surface area contributed by atoms with E-state index in [0.29, 0.717) is 10.6 Å². The summed E-state index contributed by atoms with van der Waals surface area (Å²) < 4.78 is 45.6. The molecule has 0 amide bonds. The zero-order chi connectivity index (χ0) is 22.1. The number of hydrogen-bond acceptors (Lipinski definition) is 4. The first-order valence-corrected chi connectivity index (χ1v) is 9.29. The molecular weight excluding hydrogens is 423 g/mol. The Morgan fingerprint density at radius 1 is 1.17 bits per heavy atom. The average molecular weight is 440 g/mol. The van der Waals surface area contributed by atoms with Crippen LogP contribution in [0.4, 0.5) is 13.2 Å². The number of nitrogens with zero attached hydrogens (tertiary/aromatic N) is 3. The van der Waals surface area contributed by atoms with E-state index in [1.165, 1.54) is 0 Å². The van der Waals surface area contributed by atoms with Crippen molar-refractivity contribution in [3.8, 4) is 17.1 Å². The average Bonchev–Trinajstić information content (AvgIpc) is 2.97. The zero-order valence-electron chi connectivity index (χ0n) is 16.0. The Hall–Kier alpha value is -3.07. The number of rotatable bonds is 5. The van der Waals surface area contributed by atoms with E-state index in [0.717, 1.165) is 39.1 Å². The topological polar surface area (TPSA) is 66.1 Å². The molecule has 2 aromatic carbocycles. The summed E-state index contributed by atoms with van der Waals surface area (Å²) in [6.07, 6.45) is -4.51. The molecule has 0 N–H and O–H groups in total. The van der Waals surface area contributed by atoms with Gasteiger partial charge >= 0.3 is 17.8 Å². The highest BCUT2D eigenvalue weighted by Crippen LogP contribution is 2.31. The number of hydrogen-bond donors (Lipinski definition) is 0. The Kier molecular flexibility index (Phi) is 6.02. The van der Waals surface area contributed by atoms with E-state index < -0.39 is 29.9 Å². The van der Waals surface area contributed by atoms with Crippen molar-refractivity contribution in [1.82, 2.24) is 14.3 Å². The van der Waals surface area contributed by atoms with Gasteiger partial charge in [0.15, 0.2) is 5.82 Å². The van der Waals surface area contributed by atoms with E-state index in [1.807, 2.05) is 6.92 Å². The largest absolute Gasteiger partial charge is 0.465 e. The molecule has 0 bridgehead atoms. The molecule has 0 radical (unpaired) electrons. The lowest BCUT2D eigenvalue weighted by Crippen LogP contribution is -2.28. The van der Waals surface area contributed by atoms with Gasteiger partial charge in [0.25, 0.3) is 0 Å². The number of aryl methyl sites for hydroxylation is 1. The van der Waals surface area contributed by atoms with Gasteiger partial charge < -0.3 is 4.74 Å². The summed E-state index contributed by atoms with van der Waals surface area (Å²) in [5.74, 6) is -0.577. The lowest BCUT2D eigenvalue weighted by atomic mass is 10.1. The predicted molar refractivity (Wildman–Crippen MR) is 105 cm³/mol. The van der Waals surface area contributed by atoms with Crippen LogP contribution in [0, 0.1) is 6.92 Å². The summed E-state index contributed by atoms with van der Waals surface area (Å²) in [7, 11) is 0. The number of aromatic nitrogens is 3. The van der Waals surface area contributed by atoms with Crippen LogP contribution in [0.25, 0.3) is 17.1 Å². The van der Waals surface area contributed by atoms with Gasteiger partial charge in [-0.2, -0.15) is 13.2 Å². The van der Waals surface area contributed by atoms with Crippen molar-refractivity contribution in [3.63, 3.8) is 0 Å². The number of benzene rings is 2. The highest BCUT2D eigenvalue weighted by atomic mass is 35.5. The number of carbonyl (C=O) groups is 1. The summed E-state index contributed by atoms with van der Waals surface area (Å²) in [4.78, 5) is 24.8. The van der Waals surface area contributed by atoms with Gasteiger partial charge in [-0.25, -0.2) is 14.0 Å². The molecule has 0 atom stereocenters. The van der Waals surface area contributed by atoms with Crippen molar-refractivity contribution in [2.24, 2.45) is 0 Å². The smallest absolute Gasteiger partial charge is 0.416 e. The molecular formula is C20H17ClF3N3O3. The molecule has 0 aliphatic rings. The third kappa shape index (κ3) is 4.40. The van der Waals surface area contributed by atoms with Crippen LogP contribution in [0.15, 0.2) is 47.3 Å². The number of alkyl halides is 3. The van der Waals surface area contributed by atoms with E-state index in [1.54, 1.807) is 25.1 Å². The van der Waals surface area contributed by atoms with Crippen molar-refractivity contribution in [2.75, 3.05) is 6.61 Å². The van der Waals surface area contributed by atoms with Crippen molar-refractivity contribution >= 4 is 17.6 Å². The van der Waals surface area contributed by atoms with Crippen LogP contribution in [0.3, 0.4) is 0 Å². The van der Waals surface area contributed by atoms with Gasteiger partial charge in [0.2, 0.25) is 0 Å². The fourth-order valence-electron chi connectivity index (χ4n) is 2.85. The molecule has 30 heavy (non-hydrogen) atoms. The molecule has 0 aliphatic carbocycles. The molecule has 0 spiro atoms. The van der Waals surface area contributed by atoms with Gasteiger partial charge in [-0.05, 0) is 55.8 Å². The van der Waals surface area contributed by atoms with Crippen LogP contribution in [-0.4, -0.2) is 26.9 Å². The number of carbonyl (C=O) groups excluding carboxylic acids is 1. The minimum Gasteiger partial charge on any atom is -0.465 e. The summed E-state index contributed by atoms with van der Waals surface area (Å²) in [5, 5.41) is 4.50. The maximum atomic E-state index is 13.0. The first-order valence-electron chi connectivity index (χ1n) is 8.91. The molecule has 6 nitrogen and oxygen atoms in total. The Bertz CT molecular complexity index is 1130. The Balaban J connectivity index is 2.18. The Morgan fingerprint density at radius 3 is 2.40 bits per heavy atom. The monoisotopic (exact) mass is 439 g/mol. The van der Waals surface area contributed by atoms with E-state index in [4.69, 9.17) is 16.3 Å². The van der Waals surface area contributed by atoms with Gasteiger partial charge in [-0.15, -0.1) is 5.10 Å². The van der Waals surface area contributed by atoms with Crippen LogP contribution in [0.2, 0.25) is 5.02 Å². The number of esters is 1. The maximum Gasteiger partial charge on any atom is 0.416 e. The lowest BCUT2D eigenvalue weighted by molar-refractivity contribution is -0.144. The first kappa shape index (κ1) is 21.6. The molecule has 158 valence electrons. The van der Waals surface area contributed by atoms with E-state index in [2.05, 4.69) is 5.10 Å². The second-order valence-electron chi connectivity index (χ2n) is 6.43. The summed E-state index contributed by atoms with van der Waals surface area (Å²) >= 11 is 6.32. The van der Waals surface area contributed by atoms with Gasteiger partial charge in [0.1, 0.15) is 6.54 Å². The van der Waals surface area contributed by atoms with Crippen molar-refractivity contribution in [1.29, 1.82) is 0 Å². The quantitative estimate of drug-likeness (QED) is 0.558. The van der Waals surface area contributed by atoms with Crippen LogP contribution in [-0.2, 0) is 22.3 Å². The first-order chi connectivity index (χ1) is 14.1. The molecule has 0 unspecified atom stereocenters. The molecule has 0 aliphatic heterocycles. The van der Waals surface area contributed by atoms with Crippen molar-refractivity contribution in [2.45, 2.75) is 26.6 Å². The van der Waals surface area contributed by atoms with Gasteiger partial charge in [0, 0.05) is 5.56 Å². The van der Waals surface area contributed by atoms with Crippen molar-refractivity contribution < 1.29 is 22.7 Å². The number of halogens is 4. The highest BCUT2D eigenvalue weighted by molar-refractivity contribution is 6.33. The van der Waals surface area contributed by atoms with E-state index in [9.17, 15) is 22.8 Å². The van der Waals surface area contributed by atoms with E-state index >= 15 is 0 Å². The predicted octanol–water partition coefficient (Wildman–Crippen LogP) is 4.24. The third-order valence-corrected chi connectivity index (χ3v) is 4.55. The highest BCUT2D eigenvalue weighted by Gasteiger charge is 2.30. The second kappa shape index (κ2) is 8.35.